The monoisotopic (exact) mass is 291 g/mol. The minimum Gasteiger partial charge on any atom is -0.326 e. The molecule has 2 aromatic carbocycles. The van der Waals surface area contributed by atoms with Crippen LogP contribution in [0.25, 0.3) is 10.8 Å². The summed E-state index contributed by atoms with van der Waals surface area (Å²) in [5, 5.41) is 5.84. The summed E-state index contributed by atoms with van der Waals surface area (Å²) in [5.41, 5.74) is 8.75. The van der Waals surface area contributed by atoms with Crippen LogP contribution in [0.2, 0.25) is 0 Å². The highest BCUT2D eigenvalue weighted by Gasteiger charge is 2.04. The summed E-state index contributed by atoms with van der Waals surface area (Å²) in [4.78, 5) is 4.14. The molecule has 3 aromatic rings. The van der Waals surface area contributed by atoms with Crippen LogP contribution in [0.4, 0.5) is 0 Å². The molecule has 3 rings (SSSR count). The Hall–Kier alpha value is -2.23. The Morgan fingerprint density at radius 3 is 2.68 bits per heavy atom. The highest BCUT2D eigenvalue weighted by molar-refractivity contribution is 5.81. The van der Waals surface area contributed by atoms with E-state index < -0.39 is 0 Å². The first-order valence-electron chi connectivity index (χ1n) is 7.64. The van der Waals surface area contributed by atoms with Crippen molar-refractivity contribution in [3.63, 3.8) is 0 Å². The van der Waals surface area contributed by atoms with Gasteiger partial charge in [0, 0.05) is 36.9 Å². The molecule has 112 valence electrons. The van der Waals surface area contributed by atoms with Crippen molar-refractivity contribution in [1.29, 1.82) is 0 Å². The second kappa shape index (κ2) is 7.16. The van der Waals surface area contributed by atoms with Crippen molar-refractivity contribution in [2.75, 3.05) is 6.54 Å². The van der Waals surface area contributed by atoms with Gasteiger partial charge in [0.2, 0.25) is 0 Å². The van der Waals surface area contributed by atoms with Gasteiger partial charge >= 0.3 is 0 Å². The van der Waals surface area contributed by atoms with Gasteiger partial charge in [-0.1, -0.05) is 42.5 Å². The Kier molecular flexibility index (Phi) is 4.78. The van der Waals surface area contributed by atoms with Crippen molar-refractivity contribution in [3.05, 3.63) is 78.1 Å². The van der Waals surface area contributed by atoms with Crippen LogP contribution in [0.1, 0.15) is 11.1 Å². The predicted octanol–water partition coefficient (Wildman–Crippen LogP) is 2.89. The van der Waals surface area contributed by atoms with Gasteiger partial charge in [-0.05, 0) is 35.1 Å². The summed E-state index contributed by atoms with van der Waals surface area (Å²) >= 11 is 0. The van der Waals surface area contributed by atoms with Crippen LogP contribution in [-0.4, -0.2) is 17.6 Å². The van der Waals surface area contributed by atoms with E-state index >= 15 is 0 Å². The lowest BCUT2D eigenvalue weighted by molar-refractivity contribution is 0.573. The van der Waals surface area contributed by atoms with Gasteiger partial charge in [-0.25, -0.2) is 0 Å². The summed E-state index contributed by atoms with van der Waals surface area (Å²) in [6.45, 7) is 1.64. The van der Waals surface area contributed by atoms with Crippen molar-refractivity contribution in [2.24, 2.45) is 5.73 Å². The number of nitrogens with one attached hydrogen (secondary N) is 1. The van der Waals surface area contributed by atoms with Crippen LogP contribution in [0.3, 0.4) is 0 Å². The Morgan fingerprint density at radius 1 is 0.955 bits per heavy atom. The lowest BCUT2D eigenvalue weighted by atomic mass is 10.1. The van der Waals surface area contributed by atoms with Gasteiger partial charge < -0.3 is 11.1 Å². The zero-order chi connectivity index (χ0) is 15.2. The predicted molar refractivity (Wildman–Crippen MR) is 91.6 cm³/mol. The summed E-state index contributed by atoms with van der Waals surface area (Å²) in [6, 6.07) is 19.0. The molecule has 0 bridgehead atoms. The van der Waals surface area contributed by atoms with Crippen LogP contribution in [0.15, 0.2) is 67.0 Å². The number of hydrogen-bond acceptors (Lipinski definition) is 3. The molecule has 0 unspecified atom stereocenters. The zero-order valence-corrected chi connectivity index (χ0v) is 12.6. The smallest absolute Gasteiger partial charge is 0.0346 e. The molecular weight excluding hydrogens is 270 g/mol. The van der Waals surface area contributed by atoms with Crippen molar-refractivity contribution in [3.8, 4) is 0 Å². The fourth-order valence-electron chi connectivity index (χ4n) is 2.63. The summed E-state index contributed by atoms with van der Waals surface area (Å²) in [7, 11) is 0. The van der Waals surface area contributed by atoms with Gasteiger partial charge in [0.05, 0.1) is 0 Å². The molecule has 0 spiro atoms. The molecule has 1 heterocycles. The Labute approximate surface area is 131 Å². The fourth-order valence-corrected chi connectivity index (χ4v) is 2.63. The Morgan fingerprint density at radius 2 is 1.82 bits per heavy atom. The van der Waals surface area contributed by atoms with Crippen LogP contribution in [-0.2, 0) is 13.0 Å². The number of aromatic nitrogens is 1. The van der Waals surface area contributed by atoms with Crippen LogP contribution >= 0.6 is 0 Å². The molecule has 0 fully saturated rings. The first kappa shape index (κ1) is 14.7. The molecule has 22 heavy (non-hydrogen) atoms. The van der Waals surface area contributed by atoms with E-state index in [1.54, 1.807) is 0 Å². The number of fused-ring (bicyclic) bond motifs is 1. The van der Waals surface area contributed by atoms with Gasteiger partial charge in [-0.3, -0.25) is 4.98 Å². The topological polar surface area (TPSA) is 50.9 Å². The third-order valence-corrected chi connectivity index (χ3v) is 3.78. The third-order valence-electron chi connectivity index (χ3n) is 3.78. The van der Waals surface area contributed by atoms with E-state index in [2.05, 4.69) is 52.8 Å². The minimum absolute atomic E-state index is 0.132. The fraction of sp³-hybridized carbons (Fsp3) is 0.211. The number of benzene rings is 2. The van der Waals surface area contributed by atoms with E-state index in [0.717, 1.165) is 19.5 Å². The Bertz CT molecular complexity index is 725. The van der Waals surface area contributed by atoms with Crippen molar-refractivity contribution >= 4 is 10.8 Å². The summed E-state index contributed by atoms with van der Waals surface area (Å²) < 4.78 is 0. The lowest BCUT2D eigenvalue weighted by Crippen LogP contribution is -2.35. The maximum Gasteiger partial charge on any atom is 0.0346 e. The highest BCUT2D eigenvalue weighted by atomic mass is 14.9. The van der Waals surface area contributed by atoms with Gasteiger partial charge in [0.25, 0.3) is 0 Å². The third kappa shape index (κ3) is 3.91. The summed E-state index contributed by atoms with van der Waals surface area (Å²) in [5.74, 6) is 0. The normalized spacial score (nSPS) is 12.4. The van der Waals surface area contributed by atoms with Crippen molar-refractivity contribution in [2.45, 2.75) is 19.0 Å². The molecular formula is C19H21N3. The molecule has 3 N–H and O–H groups in total. The van der Waals surface area contributed by atoms with Gasteiger partial charge in [-0.2, -0.15) is 0 Å². The van der Waals surface area contributed by atoms with Crippen LogP contribution in [0, 0.1) is 0 Å². The SMILES string of the molecule is N[C@H](CNCc1ccc2cnccc2c1)Cc1ccccc1. The average Bonchev–Trinajstić information content (AvgIpc) is 2.55. The van der Waals surface area contributed by atoms with Crippen LogP contribution in [0.5, 0.6) is 0 Å². The number of hydrogen-bond donors (Lipinski definition) is 2. The largest absolute Gasteiger partial charge is 0.326 e. The number of pyridine rings is 1. The molecule has 3 nitrogen and oxygen atoms in total. The van der Waals surface area contributed by atoms with Gasteiger partial charge in [0.1, 0.15) is 0 Å². The maximum absolute atomic E-state index is 6.19. The van der Waals surface area contributed by atoms with Crippen molar-refractivity contribution < 1.29 is 0 Å². The van der Waals surface area contributed by atoms with Crippen LogP contribution < -0.4 is 11.1 Å². The molecule has 0 saturated heterocycles. The van der Waals surface area contributed by atoms with E-state index in [-0.39, 0.29) is 6.04 Å². The maximum atomic E-state index is 6.19. The molecule has 1 aromatic heterocycles. The molecule has 0 amide bonds. The number of nitrogens with two attached hydrogens (primary N) is 1. The molecule has 3 heteroatoms. The van der Waals surface area contributed by atoms with Gasteiger partial charge in [0.15, 0.2) is 0 Å². The number of rotatable bonds is 6. The van der Waals surface area contributed by atoms with Crippen molar-refractivity contribution in [1.82, 2.24) is 10.3 Å². The first-order valence-corrected chi connectivity index (χ1v) is 7.64. The molecule has 0 aliphatic heterocycles. The molecule has 0 aliphatic carbocycles. The molecule has 0 saturated carbocycles. The zero-order valence-electron chi connectivity index (χ0n) is 12.6. The Balaban J connectivity index is 1.51. The average molecular weight is 291 g/mol. The highest BCUT2D eigenvalue weighted by Crippen LogP contribution is 2.14. The van der Waals surface area contributed by atoms with E-state index in [4.69, 9.17) is 5.73 Å². The second-order valence-electron chi connectivity index (χ2n) is 5.64. The van der Waals surface area contributed by atoms with E-state index in [1.807, 2.05) is 24.5 Å². The lowest BCUT2D eigenvalue weighted by Gasteiger charge is -2.13. The van der Waals surface area contributed by atoms with E-state index in [1.165, 1.54) is 21.9 Å². The standard InChI is InChI=1S/C19H21N3/c20-19(11-15-4-2-1-3-5-15)14-22-12-16-6-7-18-13-21-9-8-17(18)10-16/h1-10,13,19,22H,11-12,14,20H2/t19-/m0/s1. The molecule has 1 atom stereocenters. The molecule has 0 aliphatic rings. The minimum atomic E-state index is 0.132. The first-order chi connectivity index (χ1) is 10.8. The van der Waals surface area contributed by atoms with Gasteiger partial charge in [-0.15, -0.1) is 0 Å². The van der Waals surface area contributed by atoms with E-state index in [0.29, 0.717) is 0 Å². The summed E-state index contributed by atoms with van der Waals surface area (Å²) in [6.07, 6.45) is 4.62. The quantitative estimate of drug-likeness (QED) is 0.734. The molecule has 0 radical (unpaired) electrons. The van der Waals surface area contributed by atoms with E-state index in [9.17, 15) is 0 Å². The number of nitrogens with zero attached hydrogens (tertiary/aromatic N) is 1. The second-order valence-corrected chi connectivity index (χ2v) is 5.64.